The molecule has 0 aromatic rings. The van der Waals surface area contributed by atoms with Crippen LogP contribution in [-0.2, 0) is 19.5 Å². The SMILES string of the molecule is [NaH].[NaH].[NaH].[NaH].[NaH].[NaH].[NaH].[Zn]. The molecule has 0 rings (SSSR count). The molecular weight excluding hydrogens is 226 g/mol. The summed E-state index contributed by atoms with van der Waals surface area (Å²) in [4.78, 5) is 0. The Hall–Kier alpha value is 7.62. The summed E-state index contributed by atoms with van der Waals surface area (Å²) in [5.41, 5.74) is 0. The fourth-order valence-electron chi connectivity index (χ4n) is 0. The summed E-state index contributed by atoms with van der Waals surface area (Å²) in [7, 11) is 0. The molecule has 0 aromatic heterocycles. The molecule has 0 aliphatic rings. The van der Waals surface area contributed by atoms with Gasteiger partial charge in [0.1, 0.15) is 0 Å². The second-order valence-electron chi connectivity index (χ2n) is 0. The van der Waals surface area contributed by atoms with E-state index < -0.39 is 0 Å². The van der Waals surface area contributed by atoms with Crippen molar-refractivity contribution in [3.63, 3.8) is 0 Å². The maximum absolute atomic E-state index is 0. The summed E-state index contributed by atoms with van der Waals surface area (Å²) >= 11 is 0. The normalized spacial score (nSPS) is 0. The van der Waals surface area contributed by atoms with Crippen molar-refractivity contribution in [2.45, 2.75) is 0 Å². The fraction of sp³-hybridized carbons (Fsp3) is 0. The van der Waals surface area contributed by atoms with Crippen LogP contribution >= 0.6 is 0 Å². The first-order valence-corrected chi connectivity index (χ1v) is 0. The van der Waals surface area contributed by atoms with Crippen LogP contribution in [0.3, 0.4) is 0 Å². The molecule has 0 aliphatic carbocycles. The molecule has 0 bridgehead atoms. The molecule has 0 atom stereocenters. The molecule has 0 aromatic carbocycles. The molecule has 8 heteroatoms. The fourth-order valence-corrected chi connectivity index (χ4v) is 0. The van der Waals surface area contributed by atoms with Gasteiger partial charge in [-0.3, -0.25) is 0 Å². The number of hydrogen-bond acceptors (Lipinski definition) is 0. The van der Waals surface area contributed by atoms with E-state index in [4.69, 9.17) is 0 Å². The van der Waals surface area contributed by atoms with E-state index in [2.05, 4.69) is 0 Å². The zero-order chi connectivity index (χ0) is 0. The van der Waals surface area contributed by atoms with Gasteiger partial charge in [0.15, 0.2) is 0 Å². The minimum Gasteiger partial charge on any atom is 0 e. The first kappa shape index (κ1) is 57.5. The van der Waals surface area contributed by atoms with Crippen LogP contribution in [0.25, 0.3) is 0 Å². The maximum Gasteiger partial charge on any atom is 0 e. The average Bonchev–Trinajstić information content (AvgIpc) is 0. The van der Waals surface area contributed by atoms with Gasteiger partial charge < -0.3 is 0 Å². The first-order chi connectivity index (χ1) is 0. The quantitative estimate of drug-likeness (QED) is 0.370. The van der Waals surface area contributed by atoms with Crippen molar-refractivity contribution in [2.75, 3.05) is 0 Å². The molecule has 0 amide bonds. The molecule has 0 nitrogen and oxygen atoms in total. The van der Waals surface area contributed by atoms with Crippen molar-refractivity contribution in [1.82, 2.24) is 0 Å². The summed E-state index contributed by atoms with van der Waals surface area (Å²) in [5.74, 6) is 0. The van der Waals surface area contributed by atoms with E-state index in [1.54, 1.807) is 0 Å². The van der Waals surface area contributed by atoms with Crippen LogP contribution in [0.15, 0.2) is 0 Å². The minimum atomic E-state index is 0. The Morgan fingerprint density at radius 2 is 0.250 bits per heavy atom. The van der Waals surface area contributed by atoms with Gasteiger partial charge in [-0.2, -0.15) is 0 Å². The van der Waals surface area contributed by atoms with Crippen LogP contribution < -0.4 is 0 Å². The van der Waals surface area contributed by atoms with Gasteiger partial charge in [-0.15, -0.1) is 0 Å². The molecule has 0 unspecified atom stereocenters. The van der Waals surface area contributed by atoms with Crippen LogP contribution in [0.1, 0.15) is 0 Å². The van der Waals surface area contributed by atoms with E-state index in [0.29, 0.717) is 0 Å². The van der Waals surface area contributed by atoms with Crippen LogP contribution in [0.2, 0.25) is 0 Å². The Balaban J connectivity index is 0. The van der Waals surface area contributed by atoms with Gasteiger partial charge in [-0.25, -0.2) is 0 Å². The Morgan fingerprint density at radius 3 is 0.250 bits per heavy atom. The van der Waals surface area contributed by atoms with E-state index in [0.717, 1.165) is 0 Å². The zero-order valence-corrected chi connectivity index (χ0v) is 3.67. The molecule has 0 spiro atoms. The van der Waals surface area contributed by atoms with Crippen molar-refractivity contribution in [3.05, 3.63) is 0 Å². The van der Waals surface area contributed by atoms with Gasteiger partial charge in [-0.1, -0.05) is 0 Å². The Kier molecular flexibility index (Phi) is 336. The average molecular weight is 233 g/mol. The predicted octanol–water partition coefficient (Wildman–Crippen LogP) is -4.54. The monoisotopic (exact) mass is 232 g/mol. The van der Waals surface area contributed by atoms with Gasteiger partial charge >= 0.3 is 207 Å². The molecule has 16 valence electrons. The first-order valence-electron chi connectivity index (χ1n) is 0. The van der Waals surface area contributed by atoms with Crippen LogP contribution in [0.5, 0.6) is 0 Å². The van der Waals surface area contributed by atoms with E-state index in [-0.39, 0.29) is 226 Å². The molecule has 0 aliphatic heterocycles. The Morgan fingerprint density at radius 1 is 0.250 bits per heavy atom. The largest absolute Gasteiger partial charge is 0 e. The molecule has 0 heterocycles. The minimum absolute atomic E-state index is 0. The summed E-state index contributed by atoms with van der Waals surface area (Å²) in [5, 5.41) is 0. The second-order valence-corrected chi connectivity index (χ2v) is 0. The molecule has 0 saturated carbocycles. The standard InChI is InChI=1S/7Na.Zn.7H. The van der Waals surface area contributed by atoms with E-state index in [1.807, 2.05) is 0 Å². The van der Waals surface area contributed by atoms with Crippen molar-refractivity contribution in [1.29, 1.82) is 0 Å². The summed E-state index contributed by atoms with van der Waals surface area (Å²) in [6.07, 6.45) is 0. The van der Waals surface area contributed by atoms with E-state index >= 15 is 0 Å². The number of hydrogen-bond donors (Lipinski definition) is 0. The zero-order valence-electron chi connectivity index (χ0n) is 0.707. The predicted molar refractivity (Wildman–Crippen MR) is 50.0 cm³/mol. The molecular formula is H7Na7Zn. The topological polar surface area (TPSA) is 0 Å². The van der Waals surface area contributed by atoms with Gasteiger partial charge in [0, 0.05) is 19.5 Å². The van der Waals surface area contributed by atoms with E-state index in [1.165, 1.54) is 0 Å². The summed E-state index contributed by atoms with van der Waals surface area (Å²) < 4.78 is 0. The molecule has 0 radical (unpaired) electrons. The van der Waals surface area contributed by atoms with Crippen LogP contribution in [-0.4, -0.2) is 207 Å². The van der Waals surface area contributed by atoms with Crippen molar-refractivity contribution in [2.24, 2.45) is 0 Å². The maximum atomic E-state index is 0. The number of rotatable bonds is 0. The summed E-state index contributed by atoms with van der Waals surface area (Å²) in [6, 6.07) is 0. The smallest absolute Gasteiger partial charge is 0 e. The Labute approximate surface area is 219 Å². The third kappa shape index (κ3) is 37.4. The molecule has 0 fully saturated rings. The van der Waals surface area contributed by atoms with Crippen LogP contribution in [0, 0.1) is 0 Å². The van der Waals surface area contributed by atoms with E-state index in [9.17, 15) is 0 Å². The molecule has 0 saturated heterocycles. The van der Waals surface area contributed by atoms with Crippen LogP contribution in [0.4, 0.5) is 0 Å². The molecule has 8 heavy (non-hydrogen) atoms. The van der Waals surface area contributed by atoms with Crippen molar-refractivity contribution >= 4 is 207 Å². The van der Waals surface area contributed by atoms with Gasteiger partial charge in [0.05, 0.1) is 0 Å². The third-order valence-electron chi connectivity index (χ3n) is 0. The summed E-state index contributed by atoms with van der Waals surface area (Å²) in [6.45, 7) is 0. The molecule has 0 N–H and O–H groups in total. The van der Waals surface area contributed by atoms with Crippen molar-refractivity contribution in [3.8, 4) is 0 Å². The third-order valence-corrected chi connectivity index (χ3v) is 0. The Bertz CT molecular complexity index is 4.35. The second kappa shape index (κ2) is 46.7. The van der Waals surface area contributed by atoms with Gasteiger partial charge in [0.25, 0.3) is 0 Å². The van der Waals surface area contributed by atoms with Crippen molar-refractivity contribution < 1.29 is 19.5 Å². The van der Waals surface area contributed by atoms with Gasteiger partial charge in [0.2, 0.25) is 0 Å². The van der Waals surface area contributed by atoms with Gasteiger partial charge in [-0.05, 0) is 0 Å².